The summed E-state index contributed by atoms with van der Waals surface area (Å²) >= 11 is 1.56. The van der Waals surface area contributed by atoms with Gasteiger partial charge in [0.1, 0.15) is 11.8 Å². The van der Waals surface area contributed by atoms with Crippen molar-refractivity contribution in [2.24, 2.45) is 0 Å². The third-order valence-corrected chi connectivity index (χ3v) is 4.11. The molecule has 2 heterocycles. The van der Waals surface area contributed by atoms with Gasteiger partial charge in [-0.25, -0.2) is 0 Å². The van der Waals surface area contributed by atoms with Gasteiger partial charge < -0.3 is 10.1 Å². The molecule has 0 radical (unpaired) electrons. The Morgan fingerprint density at radius 1 is 1.48 bits per heavy atom. The topological polar surface area (TPSA) is 62.4 Å². The molecule has 0 aliphatic carbocycles. The number of thiazole rings is 1. The average molecular weight is 298 g/mol. The number of aryl methyl sites for hydroxylation is 1. The van der Waals surface area contributed by atoms with Crippen LogP contribution in [0, 0.1) is 18.3 Å². The van der Waals surface area contributed by atoms with Gasteiger partial charge in [0.15, 0.2) is 4.96 Å². The van der Waals surface area contributed by atoms with E-state index in [0.29, 0.717) is 18.0 Å². The lowest BCUT2D eigenvalue weighted by atomic mass is 10.1. The minimum atomic E-state index is 0.541. The summed E-state index contributed by atoms with van der Waals surface area (Å²) in [4.78, 5) is 5.31. The molecule has 6 heteroatoms. The van der Waals surface area contributed by atoms with Gasteiger partial charge in [-0.3, -0.25) is 4.40 Å². The molecule has 1 aromatic carbocycles. The number of nitrogens with zero attached hydrogens (tertiary/aromatic N) is 3. The SMILES string of the molecule is COc1nc2sccn2c1CNc1cccc(C)c1C#N. The Labute approximate surface area is 126 Å². The number of nitrogens with one attached hydrogen (secondary N) is 1. The number of imidazole rings is 1. The van der Waals surface area contributed by atoms with Crippen LogP contribution < -0.4 is 10.1 Å². The molecule has 0 bridgehead atoms. The molecule has 3 aromatic rings. The molecule has 106 valence electrons. The number of methoxy groups -OCH3 is 1. The first kappa shape index (κ1) is 13.5. The zero-order valence-electron chi connectivity index (χ0n) is 11.8. The van der Waals surface area contributed by atoms with Gasteiger partial charge in [-0.15, -0.1) is 11.3 Å². The van der Waals surface area contributed by atoms with E-state index in [4.69, 9.17) is 4.74 Å². The Morgan fingerprint density at radius 2 is 2.33 bits per heavy atom. The Hall–Kier alpha value is -2.52. The van der Waals surface area contributed by atoms with Gasteiger partial charge in [0.25, 0.3) is 0 Å². The molecule has 0 fully saturated rings. The summed E-state index contributed by atoms with van der Waals surface area (Å²) in [5.74, 6) is 0.612. The van der Waals surface area contributed by atoms with E-state index in [0.717, 1.165) is 21.9 Å². The molecule has 3 rings (SSSR count). The van der Waals surface area contributed by atoms with E-state index in [1.807, 2.05) is 41.1 Å². The third-order valence-electron chi connectivity index (χ3n) is 3.35. The van der Waals surface area contributed by atoms with E-state index in [2.05, 4.69) is 16.4 Å². The molecule has 0 unspecified atom stereocenters. The summed E-state index contributed by atoms with van der Waals surface area (Å²) in [6.45, 7) is 2.47. The highest BCUT2D eigenvalue weighted by atomic mass is 32.1. The van der Waals surface area contributed by atoms with Gasteiger partial charge in [-0.1, -0.05) is 12.1 Å². The van der Waals surface area contributed by atoms with Crippen LogP contribution in [0.15, 0.2) is 29.8 Å². The highest BCUT2D eigenvalue weighted by Gasteiger charge is 2.14. The summed E-state index contributed by atoms with van der Waals surface area (Å²) in [5, 5.41) is 14.6. The first-order chi connectivity index (χ1) is 10.2. The van der Waals surface area contributed by atoms with Crippen LogP contribution in [0.3, 0.4) is 0 Å². The van der Waals surface area contributed by atoms with Gasteiger partial charge in [0.05, 0.1) is 24.9 Å². The van der Waals surface area contributed by atoms with Gasteiger partial charge in [0, 0.05) is 11.6 Å². The lowest BCUT2D eigenvalue weighted by Gasteiger charge is -2.10. The Morgan fingerprint density at radius 3 is 3.10 bits per heavy atom. The van der Waals surface area contributed by atoms with Crippen LogP contribution in [-0.2, 0) is 6.54 Å². The van der Waals surface area contributed by atoms with Crippen LogP contribution in [-0.4, -0.2) is 16.5 Å². The van der Waals surface area contributed by atoms with Crippen LogP contribution in [0.5, 0.6) is 5.88 Å². The van der Waals surface area contributed by atoms with Gasteiger partial charge >= 0.3 is 0 Å². The van der Waals surface area contributed by atoms with Crippen molar-refractivity contribution in [3.63, 3.8) is 0 Å². The Bertz CT molecular complexity index is 828. The standard InChI is InChI=1S/C15H14N4OS/c1-10-4-3-5-12(11(10)8-16)17-9-13-14(20-2)18-15-19(13)6-7-21-15/h3-7,17H,9H2,1-2H3. The van der Waals surface area contributed by atoms with E-state index >= 15 is 0 Å². The van der Waals surface area contributed by atoms with E-state index in [1.165, 1.54) is 0 Å². The zero-order chi connectivity index (χ0) is 14.8. The van der Waals surface area contributed by atoms with Crippen molar-refractivity contribution >= 4 is 22.0 Å². The second-order valence-electron chi connectivity index (χ2n) is 4.59. The smallest absolute Gasteiger partial charge is 0.238 e. The number of fused-ring (bicyclic) bond motifs is 1. The van der Waals surface area contributed by atoms with Crippen molar-refractivity contribution in [2.75, 3.05) is 12.4 Å². The quantitative estimate of drug-likeness (QED) is 0.803. The first-order valence-electron chi connectivity index (χ1n) is 6.46. The lowest BCUT2D eigenvalue weighted by Crippen LogP contribution is -2.05. The van der Waals surface area contributed by atoms with Crippen molar-refractivity contribution < 1.29 is 4.74 Å². The minimum Gasteiger partial charge on any atom is -0.480 e. The molecule has 2 aromatic heterocycles. The van der Waals surface area contributed by atoms with Gasteiger partial charge in [-0.2, -0.15) is 10.2 Å². The van der Waals surface area contributed by atoms with E-state index in [1.54, 1.807) is 18.4 Å². The summed E-state index contributed by atoms with van der Waals surface area (Å²) in [6.07, 6.45) is 1.97. The number of benzene rings is 1. The normalized spacial score (nSPS) is 10.5. The zero-order valence-corrected chi connectivity index (χ0v) is 12.6. The van der Waals surface area contributed by atoms with Crippen LogP contribution in [0.25, 0.3) is 4.96 Å². The molecule has 0 saturated heterocycles. The molecular weight excluding hydrogens is 284 g/mol. The van der Waals surface area contributed by atoms with Crippen molar-refractivity contribution in [3.05, 3.63) is 46.6 Å². The molecular formula is C15H14N4OS. The maximum atomic E-state index is 9.27. The summed E-state index contributed by atoms with van der Waals surface area (Å²) in [7, 11) is 1.61. The fourth-order valence-electron chi connectivity index (χ4n) is 2.28. The Kier molecular flexibility index (Phi) is 3.50. The number of nitriles is 1. The maximum Gasteiger partial charge on any atom is 0.238 e. The second kappa shape index (κ2) is 5.46. The number of hydrogen-bond donors (Lipinski definition) is 1. The molecule has 0 amide bonds. The van der Waals surface area contributed by atoms with E-state index in [-0.39, 0.29) is 0 Å². The molecule has 0 aliphatic rings. The highest BCUT2D eigenvalue weighted by molar-refractivity contribution is 7.15. The fourth-order valence-corrected chi connectivity index (χ4v) is 3.00. The van der Waals surface area contributed by atoms with Gasteiger partial charge in [0.2, 0.25) is 5.88 Å². The number of ether oxygens (including phenoxy) is 1. The second-order valence-corrected chi connectivity index (χ2v) is 5.46. The van der Waals surface area contributed by atoms with Crippen molar-refractivity contribution in [1.82, 2.24) is 9.38 Å². The number of hydrogen-bond acceptors (Lipinski definition) is 5. The maximum absolute atomic E-state index is 9.27. The predicted molar refractivity (Wildman–Crippen MR) is 82.8 cm³/mol. The molecule has 1 N–H and O–H groups in total. The van der Waals surface area contributed by atoms with Crippen molar-refractivity contribution in [3.8, 4) is 11.9 Å². The summed E-state index contributed by atoms with van der Waals surface area (Å²) in [5.41, 5.74) is 3.40. The monoisotopic (exact) mass is 298 g/mol. The van der Waals surface area contributed by atoms with E-state index in [9.17, 15) is 5.26 Å². The average Bonchev–Trinajstić information content (AvgIpc) is 3.05. The van der Waals surface area contributed by atoms with Crippen LogP contribution in [0.1, 0.15) is 16.8 Å². The summed E-state index contributed by atoms with van der Waals surface area (Å²) < 4.78 is 7.33. The van der Waals surface area contributed by atoms with Crippen LogP contribution in [0.4, 0.5) is 5.69 Å². The molecule has 0 saturated carbocycles. The van der Waals surface area contributed by atoms with Crippen molar-refractivity contribution in [1.29, 1.82) is 5.26 Å². The lowest BCUT2D eigenvalue weighted by molar-refractivity contribution is 0.395. The fraction of sp³-hybridized carbons (Fsp3) is 0.200. The predicted octanol–water partition coefficient (Wildman–Crippen LogP) is 3.20. The number of aromatic nitrogens is 2. The van der Waals surface area contributed by atoms with Crippen molar-refractivity contribution in [2.45, 2.75) is 13.5 Å². The minimum absolute atomic E-state index is 0.541. The molecule has 21 heavy (non-hydrogen) atoms. The summed E-state index contributed by atoms with van der Waals surface area (Å²) in [6, 6.07) is 8.01. The van der Waals surface area contributed by atoms with Crippen LogP contribution in [0.2, 0.25) is 0 Å². The number of anilines is 1. The van der Waals surface area contributed by atoms with Gasteiger partial charge in [-0.05, 0) is 18.6 Å². The highest BCUT2D eigenvalue weighted by Crippen LogP contribution is 2.25. The first-order valence-corrected chi connectivity index (χ1v) is 7.34. The molecule has 5 nitrogen and oxygen atoms in total. The Balaban J connectivity index is 1.92. The van der Waals surface area contributed by atoms with Crippen LogP contribution >= 0.6 is 11.3 Å². The number of rotatable bonds is 4. The largest absolute Gasteiger partial charge is 0.480 e. The molecule has 0 aliphatic heterocycles. The molecule has 0 spiro atoms. The van der Waals surface area contributed by atoms with E-state index < -0.39 is 0 Å². The third kappa shape index (κ3) is 2.32. The molecule has 0 atom stereocenters.